The largest absolute Gasteiger partial charge is 0.296 e. The second kappa shape index (κ2) is 4.63. The molecule has 0 aliphatic rings. The third-order valence-corrected chi connectivity index (χ3v) is 4.02. The van der Waals surface area contributed by atoms with Crippen LogP contribution in [-0.4, -0.2) is 15.7 Å². The second-order valence-electron chi connectivity index (χ2n) is 4.80. The molecule has 0 radical (unpaired) electrons. The van der Waals surface area contributed by atoms with Crippen LogP contribution in [0.1, 0.15) is 35.8 Å². The third-order valence-electron chi connectivity index (χ3n) is 3.26. The van der Waals surface area contributed by atoms with Crippen LogP contribution in [0.5, 0.6) is 0 Å². The molecule has 0 N–H and O–H groups in total. The molecule has 0 fully saturated rings. The highest BCUT2D eigenvalue weighted by Gasteiger charge is 2.14. The zero-order chi connectivity index (χ0) is 13.4. The van der Waals surface area contributed by atoms with Gasteiger partial charge in [0.1, 0.15) is 11.4 Å². The Balaban J connectivity index is 2.12. The number of thiazole rings is 1. The Morgan fingerprint density at radius 2 is 2.00 bits per heavy atom. The highest BCUT2D eigenvalue weighted by atomic mass is 32.1. The Morgan fingerprint density at radius 1 is 1.26 bits per heavy atom. The number of nitrogens with zero attached hydrogens (tertiary/aromatic N) is 2. The summed E-state index contributed by atoms with van der Waals surface area (Å²) in [5.41, 5.74) is 3.66. The topological polar surface area (TPSA) is 34.4 Å². The first kappa shape index (κ1) is 12.1. The van der Waals surface area contributed by atoms with E-state index < -0.39 is 0 Å². The van der Waals surface area contributed by atoms with Crippen LogP contribution in [0.2, 0.25) is 0 Å². The van der Waals surface area contributed by atoms with Crippen molar-refractivity contribution >= 4 is 22.6 Å². The number of carbonyl (C=O) groups is 1. The second-order valence-corrected chi connectivity index (χ2v) is 5.67. The first-order chi connectivity index (χ1) is 9.20. The van der Waals surface area contributed by atoms with Crippen molar-refractivity contribution in [2.45, 2.75) is 19.8 Å². The molecule has 3 rings (SSSR count). The highest BCUT2D eigenvalue weighted by molar-refractivity contribution is 7.15. The Morgan fingerprint density at radius 3 is 2.63 bits per heavy atom. The van der Waals surface area contributed by atoms with Crippen molar-refractivity contribution < 1.29 is 4.79 Å². The summed E-state index contributed by atoms with van der Waals surface area (Å²) in [4.78, 5) is 16.7. The van der Waals surface area contributed by atoms with Gasteiger partial charge in [0.25, 0.3) is 0 Å². The van der Waals surface area contributed by atoms with E-state index in [0.717, 1.165) is 22.5 Å². The van der Waals surface area contributed by atoms with Crippen LogP contribution in [0.15, 0.2) is 35.8 Å². The fourth-order valence-corrected chi connectivity index (χ4v) is 2.88. The number of imidazole rings is 1. The Labute approximate surface area is 115 Å². The van der Waals surface area contributed by atoms with Crippen molar-refractivity contribution in [2.24, 2.45) is 0 Å². The van der Waals surface area contributed by atoms with Gasteiger partial charge in [-0.1, -0.05) is 38.1 Å². The van der Waals surface area contributed by atoms with E-state index in [4.69, 9.17) is 0 Å². The number of fused-ring (bicyclic) bond motifs is 1. The first-order valence-electron chi connectivity index (χ1n) is 6.21. The summed E-state index contributed by atoms with van der Waals surface area (Å²) < 4.78 is 1.84. The minimum atomic E-state index is 0.505. The molecule has 0 saturated carbocycles. The van der Waals surface area contributed by atoms with Crippen LogP contribution in [0.4, 0.5) is 0 Å². The summed E-state index contributed by atoms with van der Waals surface area (Å²) in [7, 11) is 0. The molecular weight excluding hydrogens is 256 g/mol. The molecule has 3 aromatic rings. The maximum Gasteiger partial charge on any atom is 0.194 e. The van der Waals surface area contributed by atoms with Crippen LogP contribution < -0.4 is 0 Å². The van der Waals surface area contributed by atoms with Crippen molar-refractivity contribution in [3.8, 4) is 11.3 Å². The van der Waals surface area contributed by atoms with Gasteiger partial charge in [-0.05, 0) is 11.5 Å². The number of benzene rings is 1. The lowest BCUT2D eigenvalue weighted by molar-refractivity contribution is 0.111. The van der Waals surface area contributed by atoms with Crippen molar-refractivity contribution in [1.29, 1.82) is 0 Å². The quantitative estimate of drug-likeness (QED) is 0.674. The van der Waals surface area contributed by atoms with Gasteiger partial charge in [-0.25, -0.2) is 4.98 Å². The van der Waals surface area contributed by atoms with Crippen molar-refractivity contribution in [1.82, 2.24) is 9.38 Å². The van der Waals surface area contributed by atoms with Gasteiger partial charge in [-0.3, -0.25) is 9.20 Å². The number of aromatic nitrogens is 2. The first-order valence-corrected chi connectivity index (χ1v) is 7.09. The van der Waals surface area contributed by atoms with Gasteiger partial charge in [-0.2, -0.15) is 0 Å². The lowest BCUT2D eigenvalue weighted by atomic mass is 10.0. The molecule has 0 unspecified atom stereocenters. The number of aldehydes is 1. The van der Waals surface area contributed by atoms with Gasteiger partial charge in [0, 0.05) is 17.1 Å². The van der Waals surface area contributed by atoms with Gasteiger partial charge in [0.15, 0.2) is 11.2 Å². The van der Waals surface area contributed by atoms with Crippen LogP contribution in [0.25, 0.3) is 16.2 Å². The highest BCUT2D eigenvalue weighted by Crippen LogP contribution is 2.27. The molecule has 4 heteroatoms. The summed E-state index contributed by atoms with van der Waals surface area (Å²) >= 11 is 1.53. The summed E-state index contributed by atoms with van der Waals surface area (Å²) in [6.07, 6.45) is 2.75. The zero-order valence-electron chi connectivity index (χ0n) is 10.8. The predicted molar refractivity (Wildman–Crippen MR) is 78.0 cm³/mol. The maximum absolute atomic E-state index is 11.3. The Bertz CT molecular complexity index is 722. The van der Waals surface area contributed by atoms with Crippen molar-refractivity contribution in [3.63, 3.8) is 0 Å². The molecule has 0 aliphatic heterocycles. The number of carbonyl (C=O) groups excluding carboxylic acids is 1. The minimum Gasteiger partial charge on any atom is -0.296 e. The monoisotopic (exact) mass is 270 g/mol. The van der Waals surface area contributed by atoms with E-state index in [0.29, 0.717) is 11.6 Å². The van der Waals surface area contributed by atoms with E-state index in [1.54, 1.807) is 0 Å². The average molecular weight is 270 g/mol. The van der Waals surface area contributed by atoms with Gasteiger partial charge < -0.3 is 0 Å². The molecule has 1 aromatic carbocycles. The molecule has 2 heterocycles. The summed E-state index contributed by atoms with van der Waals surface area (Å²) in [6.45, 7) is 4.33. The molecule has 0 spiro atoms. The summed E-state index contributed by atoms with van der Waals surface area (Å²) in [6, 6.07) is 8.27. The fourth-order valence-electron chi connectivity index (χ4n) is 2.15. The van der Waals surface area contributed by atoms with E-state index in [1.165, 1.54) is 16.9 Å². The normalized spacial score (nSPS) is 11.3. The van der Waals surface area contributed by atoms with E-state index in [9.17, 15) is 4.79 Å². The molecule has 3 nitrogen and oxygen atoms in total. The van der Waals surface area contributed by atoms with Gasteiger partial charge in [0.05, 0.1) is 0 Å². The predicted octanol–water partition coefficient (Wildman–Crippen LogP) is 4.00. The molecule has 0 saturated heterocycles. The number of hydrogen-bond acceptors (Lipinski definition) is 3. The Hall–Kier alpha value is -1.94. The van der Waals surface area contributed by atoms with Gasteiger partial charge in [-0.15, -0.1) is 11.3 Å². The molecule has 0 atom stereocenters. The fraction of sp³-hybridized carbons (Fsp3) is 0.200. The number of rotatable bonds is 3. The molecule has 0 aliphatic carbocycles. The lowest BCUT2D eigenvalue weighted by Crippen LogP contribution is -1.91. The minimum absolute atomic E-state index is 0.505. The molecular formula is C15H14N2OS. The van der Waals surface area contributed by atoms with E-state index in [1.807, 2.05) is 28.1 Å². The van der Waals surface area contributed by atoms with Crippen LogP contribution >= 0.6 is 11.3 Å². The van der Waals surface area contributed by atoms with Crippen molar-refractivity contribution in [2.75, 3.05) is 0 Å². The standard InChI is InChI=1S/C15H14N2OS/c1-10(2)11-3-5-12(6-4-11)14-13(9-18)17-7-8-19-15(17)16-14/h3-10H,1-2H3. The van der Waals surface area contributed by atoms with Crippen molar-refractivity contribution in [3.05, 3.63) is 47.1 Å². The van der Waals surface area contributed by atoms with Gasteiger partial charge >= 0.3 is 0 Å². The van der Waals surface area contributed by atoms with Crippen LogP contribution in [0, 0.1) is 0 Å². The molecule has 96 valence electrons. The average Bonchev–Trinajstić information content (AvgIpc) is 2.98. The van der Waals surface area contributed by atoms with E-state index in [-0.39, 0.29) is 0 Å². The van der Waals surface area contributed by atoms with Gasteiger partial charge in [0.2, 0.25) is 0 Å². The molecule has 2 aromatic heterocycles. The SMILES string of the molecule is CC(C)c1ccc(-c2nc3sccn3c2C=O)cc1. The Kier molecular flexibility index (Phi) is 2.95. The molecule has 19 heavy (non-hydrogen) atoms. The van der Waals surface area contributed by atoms with Crippen LogP contribution in [0.3, 0.4) is 0 Å². The third kappa shape index (κ3) is 1.98. The molecule has 0 bridgehead atoms. The lowest BCUT2D eigenvalue weighted by Gasteiger charge is -2.05. The maximum atomic E-state index is 11.3. The molecule has 0 amide bonds. The zero-order valence-corrected chi connectivity index (χ0v) is 11.6. The summed E-state index contributed by atoms with van der Waals surface area (Å²) in [5.74, 6) is 0.505. The van der Waals surface area contributed by atoms with Crippen LogP contribution in [-0.2, 0) is 0 Å². The summed E-state index contributed by atoms with van der Waals surface area (Å²) in [5, 5.41) is 1.93. The smallest absolute Gasteiger partial charge is 0.194 e. The number of hydrogen-bond donors (Lipinski definition) is 0. The van der Waals surface area contributed by atoms with E-state index in [2.05, 4.69) is 31.0 Å². The van der Waals surface area contributed by atoms with E-state index >= 15 is 0 Å².